The molecule has 0 unspecified atom stereocenters. The Morgan fingerprint density at radius 2 is 1.93 bits per heavy atom. The van der Waals surface area contributed by atoms with E-state index in [4.69, 9.17) is 16.3 Å². The molecule has 0 saturated carbocycles. The van der Waals surface area contributed by atoms with E-state index in [-0.39, 0.29) is 23.7 Å². The molecule has 2 amide bonds. The minimum atomic E-state index is -0.561. The third-order valence-electron chi connectivity index (χ3n) is 7.18. The Morgan fingerprint density at radius 3 is 2.59 bits per heavy atom. The van der Waals surface area contributed by atoms with Crippen LogP contribution in [0.5, 0.6) is 0 Å². The van der Waals surface area contributed by atoms with Crippen LogP contribution in [0.4, 0.5) is 20.6 Å². The van der Waals surface area contributed by atoms with E-state index in [1.54, 1.807) is 23.1 Å². The summed E-state index contributed by atoms with van der Waals surface area (Å²) < 4.78 is 23.5. The lowest BCUT2D eigenvalue weighted by Gasteiger charge is -2.39. The highest BCUT2D eigenvalue weighted by Gasteiger charge is 2.31. The maximum atomic E-state index is 14.7. The third-order valence-corrected chi connectivity index (χ3v) is 7.45. The molecule has 1 saturated heterocycles. The molecule has 1 N–H and O–H groups in total. The van der Waals surface area contributed by atoms with E-state index in [0.717, 1.165) is 37.0 Å². The largest absolute Gasteiger partial charge is 0.444 e. The highest BCUT2D eigenvalue weighted by molar-refractivity contribution is 6.17. The predicted molar refractivity (Wildman–Crippen MR) is 157 cm³/mol. The van der Waals surface area contributed by atoms with Crippen molar-refractivity contribution in [3.05, 3.63) is 53.9 Å². The standard InChI is InChI=1S/C29H35ClFN7O3/c1-6-38(28(40)41-29(2,3)4)20-9-11-36(12-10-20)24-8-7-21(25-22(24)17-35(5)34-25)27(39)33-18-13-23(31)26-32-19(14-30)16-37(26)15-18/h7-8,13,15-17,20H,6,9-12,14H2,1-5H3,(H,33,39). The van der Waals surface area contributed by atoms with Crippen LogP contribution >= 0.6 is 11.6 Å². The normalized spacial score (nSPS) is 14.6. The number of carbonyl (C=O) groups excluding carboxylic acids is 2. The molecular weight excluding hydrogens is 549 g/mol. The van der Waals surface area contributed by atoms with Gasteiger partial charge >= 0.3 is 6.09 Å². The summed E-state index contributed by atoms with van der Waals surface area (Å²) in [6, 6.07) is 5.01. The Balaban J connectivity index is 1.34. The topological polar surface area (TPSA) is 97.0 Å². The number of ether oxygens (including phenoxy) is 1. The lowest BCUT2D eigenvalue weighted by atomic mass is 10.0. The van der Waals surface area contributed by atoms with E-state index >= 15 is 0 Å². The highest BCUT2D eigenvalue weighted by Crippen LogP contribution is 2.32. The van der Waals surface area contributed by atoms with Gasteiger partial charge in [-0.05, 0) is 52.7 Å². The number of benzene rings is 1. The zero-order valence-electron chi connectivity index (χ0n) is 23.9. The summed E-state index contributed by atoms with van der Waals surface area (Å²) >= 11 is 5.84. The molecule has 1 aliphatic rings. The molecule has 4 aromatic rings. The van der Waals surface area contributed by atoms with Gasteiger partial charge in [-0.25, -0.2) is 14.2 Å². The number of hydrogen-bond donors (Lipinski definition) is 1. The summed E-state index contributed by atoms with van der Waals surface area (Å²) in [6.45, 7) is 9.66. The molecule has 1 aromatic carbocycles. The monoisotopic (exact) mass is 583 g/mol. The molecule has 0 aliphatic carbocycles. The molecule has 4 heterocycles. The molecule has 0 bridgehead atoms. The van der Waals surface area contributed by atoms with Crippen molar-refractivity contribution in [1.82, 2.24) is 24.1 Å². The second kappa shape index (κ2) is 11.2. The van der Waals surface area contributed by atoms with Crippen molar-refractivity contribution in [2.45, 2.75) is 58.1 Å². The van der Waals surface area contributed by atoms with Gasteiger partial charge in [0, 0.05) is 68.5 Å². The van der Waals surface area contributed by atoms with Crippen LogP contribution in [0.25, 0.3) is 16.6 Å². The van der Waals surface area contributed by atoms with Crippen LogP contribution in [0.15, 0.2) is 36.8 Å². The molecule has 41 heavy (non-hydrogen) atoms. The Morgan fingerprint density at radius 1 is 1.20 bits per heavy atom. The Kier molecular flexibility index (Phi) is 7.83. The van der Waals surface area contributed by atoms with Crippen LogP contribution in [-0.2, 0) is 17.7 Å². The number of rotatable bonds is 6. The third kappa shape index (κ3) is 5.95. The van der Waals surface area contributed by atoms with Gasteiger partial charge in [0.2, 0.25) is 0 Å². The van der Waals surface area contributed by atoms with Gasteiger partial charge in [0.05, 0.1) is 22.8 Å². The van der Waals surface area contributed by atoms with Gasteiger partial charge in [-0.2, -0.15) is 5.10 Å². The number of aryl methyl sites for hydroxylation is 1. The fraction of sp³-hybridized carbons (Fsp3) is 0.448. The van der Waals surface area contributed by atoms with E-state index in [1.165, 1.54) is 10.5 Å². The molecule has 0 spiro atoms. The fourth-order valence-corrected chi connectivity index (χ4v) is 5.51. The fourth-order valence-electron chi connectivity index (χ4n) is 5.38. The summed E-state index contributed by atoms with van der Waals surface area (Å²) in [7, 11) is 1.81. The Hall–Kier alpha value is -3.86. The smallest absolute Gasteiger partial charge is 0.410 e. The van der Waals surface area contributed by atoms with Crippen molar-refractivity contribution in [3.8, 4) is 0 Å². The lowest BCUT2D eigenvalue weighted by molar-refractivity contribution is 0.0149. The number of alkyl halides is 1. The van der Waals surface area contributed by atoms with Crippen LogP contribution < -0.4 is 10.2 Å². The number of hydrogen-bond acceptors (Lipinski definition) is 6. The lowest BCUT2D eigenvalue weighted by Crippen LogP contribution is -2.48. The van der Waals surface area contributed by atoms with Crippen molar-refractivity contribution in [2.75, 3.05) is 29.9 Å². The number of nitrogens with one attached hydrogen (secondary N) is 1. The van der Waals surface area contributed by atoms with Gasteiger partial charge in [0.25, 0.3) is 5.91 Å². The number of carbonyl (C=O) groups is 2. The molecule has 12 heteroatoms. The van der Waals surface area contributed by atoms with Gasteiger partial charge in [0.1, 0.15) is 11.1 Å². The molecule has 0 atom stereocenters. The summed E-state index contributed by atoms with van der Waals surface area (Å²) in [5, 5.41) is 8.23. The van der Waals surface area contributed by atoms with Crippen molar-refractivity contribution in [3.63, 3.8) is 0 Å². The Bertz CT molecular complexity index is 1600. The SMILES string of the molecule is CCN(C(=O)OC(C)(C)C)C1CCN(c2ccc(C(=O)Nc3cc(F)c4nc(CCl)cn4c3)c3nn(C)cc23)CC1. The van der Waals surface area contributed by atoms with Crippen LogP contribution in [0, 0.1) is 5.82 Å². The zero-order valence-corrected chi connectivity index (χ0v) is 24.7. The van der Waals surface area contributed by atoms with E-state index in [9.17, 15) is 14.0 Å². The first-order valence-corrected chi connectivity index (χ1v) is 14.3. The first kappa shape index (κ1) is 28.7. The first-order valence-electron chi connectivity index (χ1n) is 13.7. The minimum Gasteiger partial charge on any atom is -0.444 e. The second-order valence-corrected chi connectivity index (χ2v) is 11.6. The number of fused-ring (bicyclic) bond motifs is 2. The number of anilines is 2. The van der Waals surface area contributed by atoms with E-state index < -0.39 is 17.3 Å². The summed E-state index contributed by atoms with van der Waals surface area (Å²) in [4.78, 5) is 34.3. The molecule has 1 aliphatic heterocycles. The second-order valence-electron chi connectivity index (χ2n) is 11.3. The van der Waals surface area contributed by atoms with E-state index in [2.05, 4.69) is 20.3 Å². The van der Waals surface area contributed by atoms with Gasteiger partial charge in [-0.15, -0.1) is 11.6 Å². The molecule has 218 valence electrons. The van der Waals surface area contributed by atoms with Crippen molar-refractivity contribution >= 4 is 51.5 Å². The predicted octanol–water partition coefficient (Wildman–Crippen LogP) is 5.58. The summed E-state index contributed by atoms with van der Waals surface area (Å²) in [5.41, 5.74) is 2.35. The molecule has 3 aromatic heterocycles. The molecule has 0 radical (unpaired) electrons. The number of nitrogens with zero attached hydrogens (tertiary/aromatic N) is 6. The van der Waals surface area contributed by atoms with Gasteiger partial charge in [-0.1, -0.05) is 0 Å². The summed E-state index contributed by atoms with van der Waals surface area (Å²) in [6.07, 6.45) is 6.44. The van der Waals surface area contributed by atoms with Crippen molar-refractivity contribution in [2.24, 2.45) is 7.05 Å². The number of halogens is 2. The molecular formula is C29H35ClFN7O3. The number of pyridine rings is 1. The maximum Gasteiger partial charge on any atom is 0.410 e. The zero-order chi connectivity index (χ0) is 29.5. The number of aromatic nitrogens is 4. The first-order chi connectivity index (χ1) is 19.5. The van der Waals surface area contributed by atoms with Crippen LogP contribution in [0.3, 0.4) is 0 Å². The quantitative estimate of drug-likeness (QED) is 0.298. The minimum absolute atomic E-state index is 0.0919. The van der Waals surface area contributed by atoms with Crippen LogP contribution in [-0.4, -0.2) is 67.3 Å². The van der Waals surface area contributed by atoms with E-state index in [0.29, 0.717) is 29.0 Å². The number of imidazole rings is 1. The van der Waals surface area contributed by atoms with Gasteiger partial charge in [0.15, 0.2) is 11.5 Å². The molecule has 5 rings (SSSR count). The summed E-state index contributed by atoms with van der Waals surface area (Å²) in [5.74, 6) is -0.800. The van der Waals surface area contributed by atoms with E-state index in [1.807, 2.05) is 51.9 Å². The average molecular weight is 584 g/mol. The average Bonchev–Trinajstić information content (AvgIpc) is 3.51. The van der Waals surface area contributed by atoms with Crippen molar-refractivity contribution in [1.29, 1.82) is 0 Å². The highest BCUT2D eigenvalue weighted by atomic mass is 35.5. The Labute approximate surface area is 243 Å². The van der Waals surface area contributed by atoms with Crippen molar-refractivity contribution < 1.29 is 18.7 Å². The molecule has 1 fully saturated rings. The van der Waals surface area contributed by atoms with Gasteiger partial charge in [-0.3, -0.25) is 9.48 Å². The van der Waals surface area contributed by atoms with Crippen LogP contribution in [0.2, 0.25) is 0 Å². The number of amides is 2. The van der Waals surface area contributed by atoms with Gasteiger partial charge < -0.3 is 24.3 Å². The van der Waals surface area contributed by atoms with Crippen LogP contribution in [0.1, 0.15) is 56.6 Å². The molecule has 10 nitrogen and oxygen atoms in total. The number of piperidine rings is 1. The maximum absolute atomic E-state index is 14.7.